The molecule has 0 radical (unpaired) electrons. The first kappa shape index (κ1) is 21.2. The van der Waals surface area contributed by atoms with Gasteiger partial charge in [-0.15, -0.1) is 0 Å². The molecule has 0 aromatic carbocycles. The first-order chi connectivity index (χ1) is 11.9. The quantitative estimate of drug-likeness (QED) is 0.326. The van der Waals surface area contributed by atoms with E-state index in [-0.39, 0.29) is 5.41 Å². The van der Waals surface area contributed by atoms with E-state index in [2.05, 4.69) is 92.8 Å². The van der Waals surface area contributed by atoms with Crippen LogP contribution in [-0.4, -0.2) is 8.07 Å². The fraction of sp³-hybridized carbons (Fsp3) is 0.600. The van der Waals surface area contributed by atoms with Gasteiger partial charge in [0.2, 0.25) is 0 Å². The van der Waals surface area contributed by atoms with Crippen molar-refractivity contribution < 1.29 is 0 Å². The van der Waals surface area contributed by atoms with Gasteiger partial charge in [0, 0.05) is 0 Å². The number of hydrogen-bond donors (Lipinski definition) is 0. The summed E-state index contributed by atoms with van der Waals surface area (Å²) in [6.07, 6.45) is 12.4. The molecular weight excluding hydrogens is 328 g/mol. The number of rotatable bonds is 6. The molecule has 1 unspecified atom stereocenters. The summed E-state index contributed by atoms with van der Waals surface area (Å²) < 4.78 is 0. The Kier molecular flexibility index (Phi) is 6.12. The van der Waals surface area contributed by atoms with E-state index in [4.69, 9.17) is 0 Å². The molecule has 0 N–H and O–H groups in total. The summed E-state index contributed by atoms with van der Waals surface area (Å²) in [6, 6.07) is 0. The molecule has 144 valence electrons. The molecule has 0 nitrogen and oxygen atoms in total. The van der Waals surface area contributed by atoms with Gasteiger partial charge in [-0.3, -0.25) is 0 Å². The second-order valence-electron chi connectivity index (χ2n) is 10.1. The van der Waals surface area contributed by atoms with E-state index in [1.54, 1.807) is 27.9 Å². The van der Waals surface area contributed by atoms with Crippen LogP contribution in [0.5, 0.6) is 0 Å². The van der Waals surface area contributed by atoms with E-state index >= 15 is 0 Å². The highest BCUT2D eigenvalue weighted by Crippen LogP contribution is 2.52. The average molecular weight is 369 g/mol. The molecule has 1 heteroatoms. The maximum Gasteiger partial charge on any atom is 0.0706 e. The molecule has 0 heterocycles. The standard InChI is InChI=1S/C25H40Si/c1-17(2)12-11-15-25(7,8)22-13-14-23(16-22)26(9,10)24-20(5)18(3)19(4)21(24)6/h12-14,16,23-24H,11,15H2,1-10H3. The second kappa shape index (κ2) is 7.50. The zero-order valence-corrected chi connectivity index (χ0v) is 19.9. The Morgan fingerprint density at radius 3 is 2.08 bits per heavy atom. The summed E-state index contributed by atoms with van der Waals surface area (Å²) in [5.41, 5.74) is 10.9. The third kappa shape index (κ3) is 3.93. The molecule has 0 saturated carbocycles. The second-order valence-corrected chi connectivity index (χ2v) is 15.0. The van der Waals surface area contributed by atoms with Crippen LogP contribution in [0.25, 0.3) is 0 Å². The predicted molar refractivity (Wildman–Crippen MR) is 121 cm³/mol. The maximum atomic E-state index is 2.62. The Morgan fingerprint density at radius 1 is 1.04 bits per heavy atom. The van der Waals surface area contributed by atoms with Crippen molar-refractivity contribution in [1.29, 1.82) is 0 Å². The molecule has 0 aliphatic heterocycles. The number of allylic oxidation sites excluding steroid dienone is 10. The Hall–Kier alpha value is -1.08. The lowest BCUT2D eigenvalue weighted by atomic mass is 9.80. The smallest absolute Gasteiger partial charge is 0.0706 e. The minimum atomic E-state index is -1.51. The van der Waals surface area contributed by atoms with Crippen LogP contribution in [0.4, 0.5) is 0 Å². The molecule has 0 amide bonds. The van der Waals surface area contributed by atoms with Gasteiger partial charge in [0.25, 0.3) is 0 Å². The SMILES string of the molecule is CC(C)=CCCC(C)(C)C1=CC([Si](C)(C)C2C(C)=C(C)C(C)=C2C)C=C1. The monoisotopic (exact) mass is 368 g/mol. The molecule has 2 aliphatic carbocycles. The van der Waals surface area contributed by atoms with Crippen LogP contribution in [0, 0.1) is 5.41 Å². The van der Waals surface area contributed by atoms with E-state index in [9.17, 15) is 0 Å². The maximum absolute atomic E-state index is 2.62. The van der Waals surface area contributed by atoms with E-state index in [1.807, 2.05) is 0 Å². The summed E-state index contributed by atoms with van der Waals surface area (Å²) in [5.74, 6) is 0. The molecule has 0 aromatic rings. The molecule has 0 bridgehead atoms. The van der Waals surface area contributed by atoms with Gasteiger partial charge < -0.3 is 0 Å². The van der Waals surface area contributed by atoms with Crippen LogP contribution < -0.4 is 0 Å². The molecular formula is C25H40Si. The number of hydrogen-bond acceptors (Lipinski definition) is 0. The van der Waals surface area contributed by atoms with Crippen LogP contribution in [-0.2, 0) is 0 Å². The highest BCUT2D eigenvalue weighted by molar-refractivity contribution is 6.82. The van der Waals surface area contributed by atoms with Gasteiger partial charge in [-0.2, -0.15) is 0 Å². The molecule has 0 saturated heterocycles. The molecule has 0 fully saturated rings. The van der Waals surface area contributed by atoms with Crippen molar-refractivity contribution in [2.45, 2.75) is 92.4 Å². The van der Waals surface area contributed by atoms with Gasteiger partial charge in [-0.25, -0.2) is 0 Å². The molecule has 0 aromatic heterocycles. The molecule has 1 atom stereocenters. The van der Waals surface area contributed by atoms with Crippen LogP contribution >= 0.6 is 0 Å². The van der Waals surface area contributed by atoms with Crippen molar-refractivity contribution in [3.8, 4) is 0 Å². The lowest BCUT2D eigenvalue weighted by Gasteiger charge is -2.36. The Bertz CT molecular complexity index is 691. The lowest BCUT2D eigenvalue weighted by Crippen LogP contribution is -2.37. The van der Waals surface area contributed by atoms with Gasteiger partial charge in [0.15, 0.2) is 0 Å². The van der Waals surface area contributed by atoms with Crippen LogP contribution in [0.15, 0.2) is 57.7 Å². The van der Waals surface area contributed by atoms with Crippen LogP contribution in [0.3, 0.4) is 0 Å². The highest BCUT2D eigenvalue weighted by Gasteiger charge is 2.43. The molecule has 0 spiro atoms. The van der Waals surface area contributed by atoms with Crippen molar-refractivity contribution in [3.05, 3.63) is 57.7 Å². The van der Waals surface area contributed by atoms with Crippen molar-refractivity contribution in [2.75, 3.05) is 0 Å². The van der Waals surface area contributed by atoms with Crippen LogP contribution in [0.2, 0.25) is 24.2 Å². The van der Waals surface area contributed by atoms with Gasteiger partial charge >= 0.3 is 0 Å². The van der Waals surface area contributed by atoms with E-state index in [1.165, 1.54) is 18.4 Å². The normalized spacial score (nSPS) is 21.8. The Morgan fingerprint density at radius 2 is 1.58 bits per heavy atom. The van der Waals surface area contributed by atoms with Gasteiger partial charge in [-0.05, 0) is 87.6 Å². The van der Waals surface area contributed by atoms with Gasteiger partial charge in [-0.1, -0.05) is 68.0 Å². The lowest BCUT2D eigenvalue weighted by molar-refractivity contribution is 0.421. The minimum Gasteiger partial charge on any atom is -0.0859 e. The van der Waals surface area contributed by atoms with Crippen molar-refractivity contribution in [2.24, 2.45) is 5.41 Å². The van der Waals surface area contributed by atoms with Gasteiger partial charge in [0.1, 0.15) is 0 Å². The minimum absolute atomic E-state index is 0.263. The van der Waals surface area contributed by atoms with Crippen molar-refractivity contribution in [1.82, 2.24) is 0 Å². The molecule has 2 rings (SSSR count). The third-order valence-corrected chi connectivity index (χ3v) is 11.6. The zero-order valence-electron chi connectivity index (χ0n) is 18.9. The molecule has 2 aliphatic rings. The largest absolute Gasteiger partial charge is 0.0859 e. The highest BCUT2D eigenvalue weighted by atomic mass is 28.3. The van der Waals surface area contributed by atoms with E-state index in [0.717, 1.165) is 0 Å². The summed E-state index contributed by atoms with van der Waals surface area (Å²) in [5, 5.41) is 0. The summed E-state index contributed by atoms with van der Waals surface area (Å²) in [4.78, 5) is 0. The van der Waals surface area contributed by atoms with Crippen molar-refractivity contribution >= 4 is 8.07 Å². The van der Waals surface area contributed by atoms with Crippen molar-refractivity contribution in [3.63, 3.8) is 0 Å². The predicted octanol–water partition coefficient (Wildman–Crippen LogP) is 8.39. The summed E-state index contributed by atoms with van der Waals surface area (Å²) >= 11 is 0. The first-order valence-electron chi connectivity index (χ1n) is 10.3. The first-order valence-corrected chi connectivity index (χ1v) is 13.4. The fourth-order valence-corrected chi connectivity index (χ4v) is 9.20. The van der Waals surface area contributed by atoms with E-state index < -0.39 is 8.07 Å². The average Bonchev–Trinajstić information content (AvgIpc) is 3.10. The fourth-order valence-electron chi connectivity index (χ4n) is 4.95. The zero-order chi connectivity index (χ0) is 19.9. The topological polar surface area (TPSA) is 0 Å². The Labute approximate surface area is 163 Å². The summed E-state index contributed by atoms with van der Waals surface area (Å²) in [7, 11) is -1.51. The van der Waals surface area contributed by atoms with Gasteiger partial charge in [0.05, 0.1) is 8.07 Å². The molecule has 26 heavy (non-hydrogen) atoms. The Balaban J connectivity index is 2.24. The summed E-state index contributed by atoms with van der Waals surface area (Å²) in [6.45, 7) is 23.8. The third-order valence-electron chi connectivity index (χ3n) is 7.16. The van der Waals surface area contributed by atoms with E-state index in [0.29, 0.717) is 11.1 Å². The van der Waals surface area contributed by atoms with Crippen LogP contribution in [0.1, 0.15) is 68.2 Å².